The molecule has 0 aromatic heterocycles. The van der Waals surface area contributed by atoms with Crippen LogP contribution in [0.15, 0.2) is 54.3 Å². The summed E-state index contributed by atoms with van der Waals surface area (Å²) in [5.74, 6) is -1.07. The predicted octanol–water partition coefficient (Wildman–Crippen LogP) is 4.31. The zero-order chi connectivity index (χ0) is 21.1. The van der Waals surface area contributed by atoms with E-state index in [0.717, 1.165) is 30.1 Å². The Bertz CT molecular complexity index is 958. The van der Waals surface area contributed by atoms with Crippen LogP contribution in [0.5, 0.6) is 5.75 Å². The second-order valence-electron chi connectivity index (χ2n) is 7.61. The summed E-state index contributed by atoms with van der Waals surface area (Å²) in [5.41, 5.74) is 2.04. The Hall–Kier alpha value is -3.28. The van der Waals surface area contributed by atoms with E-state index in [-0.39, 0.29) is 5.57 Å². The number of ether oxygens (including phenoxy) is 1. The Morgan fingerprint density at radius 3 is 2.13 bits per heavy atom. The molecule has 1 saturated heterocycles. The van der Waals surface area contributed by atoms with Crippen LogP contribution in [0.25, 0.3) is 5.57 Å². The van der Waals surface area contributed by atoms with E-state index in [2.05, 4.69) is 4.90 Å². The van der Waals surface area contributed by atoms with Gasteiger partial charge in [-0.05, 0) is 67.6 Å². The van der Waals surface area contributed by atoms with Crippen molar-refractivity contribution >= 4 is 28.8 Å². The fourth-order valence-electron chi connectivity index (χ4n) is 3.92. The van der Waals surface area contributed by atoms with Crippen LogP contribution < -0.4 is 14.5 Å². The number of hydrogen-bond acceptors (Lipinski definition) is 5. The third kappa shape index (κ3) is 3.77. The summed E-state index contributed by atoms with van der Waals surface area (Å²) in [5, 5.41) is 10.4. The molecule has 0 aliphatic carbocycles. The van der Waals surface area contributed by atoms with Crippen LogP contribution in [0.3, 0.4) is 0 Å². The molecule has 2 amide bonds. The summed E-state index contributed by atoms with van der Waals surface area (Å²) in [4.78, 5) is 29.0. The lowest BCUT2D eigenvalue weighted by molar-refractivity contribution is -0.121. The Labute approximate surface area is 176 Å². The van der Waals surface area contributed by atoms with Gasteiger partial charge in [-0.2, -0.15) is 0 Å². The Morgan fingerprint density at radius 1 is 0.867 bits per heavy atom. The smallest absolute Gasteiger partial charge is 0.301 e. The van der Waals surface area contributed by atoms with Gasteiger partial charge in [0, 0.05) is 18.8 Å². The van der Waals surface area contributed by atoms with Crippen molar-refractivity contribution < 1.29 is 19.4 Å². The van der Waals surface area contributed by atoms with Gasteiger partial charge in [-0.15, -0.1) is 0 Å². The Kier molecular flexibility index (Phi) is 5.74. The van der Waals surface area contributed by atoms with Crippen molar-refractivity contribution in [3.8, 4) is 5.75 Å². The van der Waals surface area contributed by atoms with Crippen LogP contribution in [-0.4, -0.2) is 36.6 Å². The second-order valence-corrected chi connectivity index (χ2v) is 7.61. The molecule has 30 heavy (non-hydrogen) atoms. The molecule has 0 atom stereocenters. The number of hydrogen-bond donors (Lipinski definition) is 1. The number of imide groups is 1. The van der Waals surface area contributed by atoms with Gasteiger partial charge in [0.05, 0.1) is 17.9 Å². The van der Waals surface area contributed by atoms with Gasteiger partial charge >= 0.3 is 5.91 Å². The zero-order valence-corrected chi connectivity index (χ0v) is 17.1. The van der Waals surface area contributed by atoms with Crippen LogP contribution >= 0.6 is 0 Å². The maximum atomic E-state index is 13.0. The molecule has 2 aromatic rings. The highest BCUT2D eigenvalue weighted by atomic mass is 16.5. The van der Waals surface area contributed by atoms with Crippen molar-refractivity contribution in [2.24, 2.45) is 0 Å². The Morgan fingerprint density at radius 2 is 1.50 bits per heavy atom. The van der Waals surface area contributed by atoms with Crippen LogP contribution in [0.2, 0.25) is 0 Å². The third-order valence-corrected chi connectivity index (χ3v) is 5.50. The lowest BCUT2D eigenvalue weighted by atomic mass is 10.1. The van der Waals surface area contributed by atoms with Gasteiger partial charge in [-0.3, -0.25) is 9.59 Å². The number of carbonyl (C=O) groups is 2. The molecule has 2 aliphatic heterocycles. The normalized spacial score (nSPS) is 17.1. The third-order valence-electron chi connectivity index (χ3n) is 5.50. The molecule has 156 valence electrons. The topological polar surface area (TPSA) is 70.1 Å². The molecular weight excluding hydrogens is 380 g/mol. The van der Waals surface area contributed by atoms with Gasteiger partial charge in [0.2, 0.25) is 0 Å². The van der Waals surface area contributed by atoms with E-state index in [0.29, 0.717) is 23.6 Å². The zero-order valence-electron chi connectivity index (χ0n) is 17.1. The number of rotatable bonds is 6. The highest BCUT2D eigenvalue weighted by Crippen LogP contribution is 2.33. The summed E-state index contributed by atoms with van der Waals surface area (Å²) in [6.45, 7) is 4.66. The Balaban J connectivity index is 1.54. The van der Waals surface area contributed by atoms with Crippen LogP contribution in [0.1, 0.15) is 38.2 Å². The van der Waals surface area contributed by atoms with E-state index >= 15 is 0 Å². The first kappa shape index (κ1) is 20.0. The lowest BCUT2D eigenvalue weighted by Gasteiger charge is -2.29. The number of carbonyl (C=O) groups excluding carboxylic acids is 2. The maximum absolute atomic E-state index is 13.0. The van der Waals surface area contributed by atoms with E-state index < -0.39 is 17.6 Å². The van der Waals surface area contributed by atoms with Gasteiger partial charge in [-0.1, -0.05) is 19.1 Å². The highest BCUT2D eigenvalue weighted by Gasteiger charge is 2.40. The minimum atomic E-state index is -0.702. The van der Waals surface area contributed by atoms with E-state index in [1.165, 1.54) is 19.3 Å². The first-order valence-corrected chi connectivity index (χ1v) is 10.5. The van der Waals surface area contributed by atoms with Crippen molar-refractivity contribution in [2.75, 3.05) is 29.5 Å². The molecular formula is C24H26N2O4. The number of nitrogens with zero attached hydrogens (tertiary/aromatic N) is 2. The number of anilines is 2. The van der Waals surface area contributed by atoms with Crippen molar-refractivity contribution in [3.63, 3.8) is 0 Å². The predicted molar refractivity (Wildman–Crippen MR) is 117 cm³/mol. The molecule has 0 saturated carbocycles. The summed E-state index contributed by atoms with van der Waals surface area (Å²) in [7, 11) is 0. The first-order chi connectivity index (χ1) is 14.6. The summed E-state index contributed by atoms with van der Waals surface area (Å²) in [6.07, 6.45) is 4.50. The molecule has 2 heterocycles. The summed E-state index contributed by atoms with van der Waals surface area (Å²) in [6, 6.07) is 14.2. The molecule has 2 aliphatic rings. The average Bonchev–Trinajstić information content (AvgIpc) is 3.01. The molecule has 6 heteroatoms. The molecule has 6 nitrogen and oxygen atoms in total. The standard InChI is InChI=1S/C24H26N2O4/c1-2-16-30-20-12-6-17(7-13-20)21-22(27)24(29)26(23(21)28)19-10-8-18(9-11-19)25-14-4-3-5-15-25/h6-13,27H,2-5,14-16H2,1H3. The number of benzene rings is 2. The SMILES string of the molecule is CCCOc1ccc(C2=C(O)C(=O)N(c3ccc(N4CCCCC4)cc3)C2=O)cc1. The summed E-state index contributed by atoms with van der Waals surface area (Å²) < 4.78 is 5.55. The van der Waals surface area contributed by atoms with Crippen molar-refractivity contribution in [1.29, 1.82) is 0 Å². The number of aliphatic hydroxyl groups is 1. The van der Waals surface area contributed by atoms with Crippen molar-refractivity contribution in [1.82, 2.24) is 0 Å². The molecule has 0 bridgehead atoms. The highest BCUT2D eigenvalue weighted by molar-refractivity contribution is 6.44. The molecule has 1 fully saturated rings. The number of amides is 2. The molecule has 1 N–H and O–H groups in total. The monoisotopic (exact) mass is 406 g/mol. The van der Waals surface area contributed by atoms with Crippen molar-refractivity contribution in [3.05, 3.63) is 59.9 Å². The minimum absolute atomic E-state index is 0.0159. The minimum Gasteiger partial charge on any atom is -0.502 e. The van der Waals surface area contributed by atoms with Crippen molar-refractivity contribution in [2.45, 2.75) is 32.6 Å². The fourth-order valence-corrected chi connectivity index (χ4v) is 3.92. The van der Waals surface area contributed by atoms with E-state index in [1.807, 2.05) is 19.1 Å². The molecule has 0 spiro atoms. The number of aliphatic hydroxyl groups excluding tert-OH is 1. The summed E-state index contributed by atoms with van der Waals surface area (Å²) >= 11 is 0. The van der Waals surface area contributed by atoms with E-state index in [9.17, 15) is 14.7 Å². The van der Waals surface area contributed by atoms with Gasteiger partial charge in [0.25, 0.3) is 5.91 Å². The molecule has 4 rings (SSSR count). The average molecular weight is 406 g/mol. The quantitative estimate of drug-likeness (QED) is 0.724. The van der Waals surface area contributed by atoms with E-state index in [1.54, 1.807) is 36.4 Å². The maximum Gasteiger partial charge on any atom is 0.301 e. The van der Waals surface area contributed by atoms with Gasteiger partial charge in [0.15, 0.2) is 5.76 Å². The largest absolute Gasteiger partial charge is 0.502 e. The molecule has 0 unspecified atom stereocenters. The lowest BCUT2D eigenvalue weighted by Crippen LogP contribution is -2.32. The second kappa shape index (κ2) is 8.61. The fraction of sp³-hybridized carbons (Fsp3) is 0.333. The van der Waals surface area contributed by atoms with Crippen LogP contribution in [-0.2, 0) is 9.59 Å². The van der Waals surface area contributed by atoms with Gasteiger partial charge < -0.3 is 14.7 Å². The van der Waals surface area contributed by atoms with Crippen LogP contribution in [0, 0.1) is 0 Å². The van der Waals surface area contributed by atoms with Gasteiger partial charge in [-0.25, -0.2) is 4.90 Å². The van der Waals surface area contributed by atoms with Gasteiger partial charge in [0.1, 0.15) is 5.75 Å². The molecule has 2 aromatic carbocycles. The first-order valence-electron chi connectivity index (χ1n) is 10.5. The number of piperidine rings is 1. The van der Waals surface area contributed by atoms with E-state index in [4.69, 9.17) is 4.74 Å². The molecule has 0 radical (unpaired) electrons. The van der Waals surface area contributed by atoms with Crippen LogP contribution in [0.4, 0.5) is 11.4 Å².